The third-order valence-electron chi connectivity index (χ3n) is 3.67. The summed E-state index contributed by atoms with van der Waals surface area (Å²) >= 11 is 0. The molecule has 5 heteroatoms. The van der Waals surface area contributed by atoms with E-state index in [1.54, 1.807) is 0 Å². The van der Waals surface area contributed by atoms with Crippen LogP contribution in [0, 0.1) is 12.8 Å². The van der Waals surface area contributed by atoms with Crippen LogP contribution < -0.4 is 5.32 Å². The Morgan fingerprint density at radius 2 is 2.24 bits per heavy atom. The number of hydrogen-bond donors (Lipinski definition) is 1. The third-order valence-corrected chi connectivity index (χ3v) is 3.67. The number of likely N-dealkylation sites (N-methyl/N-ethyl adjacent to an activating group) is 1. The lowest BCUT2D eigenvalue weighted by atomic mass is 10.2. The van der Waals surface area contributed by atoms with Crippen LogP contribution >= 0.6 is 0 Å². The summed E-state index contributed by atoms with van der Waals surface area (Å²) in [6, 6.07) is 2.05. The second-order valence-corrected chi connectivity index (χ2v) is 6.14. The van der Waals surface area contributed by atoms with Crippen LogP contribution in [0.25, 0.3) is 0 Å². The van der Waals surface area contributed by atoms with E-state index in [4.69, 9.17) is 9.72 Å². The molecule has 1 fully saturated rings. The molecule has 1 N–H and O–H groups in total. The maximum absolute atomic E-state index is 5.86. The van der Waals surface area contributed by atoms with Gasteiger partial charge in [-0.1, -0.05) is 20.8 Å². The standard InChI is InChI=1S/C16H28N4O/c1-5-20-6-7-21-15(11-20)16-18-13(4)8-14(19-16)10-17-9-12(2)3/h8,12,15,17H,5-7,9-11H2,1-4H3. The average molecular weight is 292 g/mol. The molecule has 0 radical (unpaired) electrons. The maximum atomic E-state index is 5.86. The molecule has 1 unspecified atom stereocenters. The number of nitrogens with zero attached hydrogens (tertiary/aromatic N) is 3. The zero-order valence-corrected chi connectivity index (χ0v) is 13.7. The fraction of sp³-hybridized carbons (Fsp3) is 0.750. The highest BCUT2D eigenvalue weighted by Gasteiger charge is 2.23. The number of morpholine rings is 1. The lowest BCUT2D eigenvalue weighted by Crippen LogP contribution is -2.38. The van der Waals surface area contributed by atoms with Gasteiger partial charge in [0, 0.05) is 25.3 Å². The Balaban J connectivity index is 2.03. The molecule has 1 atom stereocenters. The van der Waals surface area contributed by atoms with Gasteiger partial charge in [-0.25, -0.2) is 9.97 Å². The van der Waals surface area contributed by atoms with Gasteiger partial charge in [-0.05, 0) is 32.0 Å². The maximum Gasteiger partial charge on any atom is 0.158 e. The first-order valence-electron chi connectivity index (χ1n) is 7.97. The van der Waals surface area contributed by atoms with Crippen molar-refractivity contribution in [1.82, 2.24) is 20.2 Å². The molecule has 1 aliphatic rings. The van der Waals surface area contributed by atoms with Gasteiger partial charge in [0.15, 0.2) is 5.82 Å². The van der Waals surface area contributed by atoms with Crippen molar-refractivity contribution in [2.24, 2.45) is 5.92 Å². The van der Waals surface area contributed by atoms with Gasteiger partial charge in [0.2, 0.25) is 0 Å². The molecule has 0 bridgehead atoms. The number of aryl methyl sites for hydroxylation is 1. The van der Waals surface area contributed by atoms with Crippen LogP contribution in [-0.4, -0.2) is 47.7 Å². The molecule has 1 aliphatic heterocycles. The van der Waals surface area contributed by atoms with Crippen LogP contribution in [0.15, 0.2) is 6.07 Å². The van der Waals surface area contributed by atoms with Crippen molar-refractivity contribution in [3.05, 3.63) is 23.3 Å². The zero-order chi connectivity index (χ0) is 15.2. The van der Waals surface area contributed by atoms with Crippen molar-refractivity contribution < 1.29 is 4.74 Å². The Labute approximate surface area is 128 Å². The molecule has 2 rings (SSSR count). The third kappa shape index (κ3) is 5.02. The van der Waals surface area contributed by atoms with Gasteiger partial charge in [0.05, 0.1) is 12.3 Å². The topological polar surface area (TPSA) is 50.3 Å². The first kappa shape index (κ1) is 16.3. The summed E-state index contributed by atoms with van der Waals surface area (Å²) in [7, 11) is 0. The minimum Gasteiger partial charge on any atom is -0.368 e. The van der Waals surface area contributed by atoms with Crippen molar-refractivity contribution in [3.63, 3.8) is 0 Å². The quantitative estimate of drug-likeness (QED) is 0.868. The first-order valence-corrected chi connectivity index (χ1v) is 7.97. The van der Waals surface area contributed by atoms with Gasteiger partial charge in [0.1, 0.15) is 6.10 Å². The minimum atomic E-state index is 0.00227. The second kappa shape index (κ2) is 7.82. The van der Waals surface area contributed by atoms with E-state index < -0.39 is 0 Å². The van der Waals surface area contributed by atoms with E-state index in [1.807, 2.05) is 6.92 Å². The molecule has 0 saturated carbocycles. The van der Waals surface area contributed by atoms with Crippen LogP contribution in [0.1, 0.15) is 44.1 Å². The number of aromatic nitrogens is 2. The molecule has 1 aromatic heterocycles. The van der Waals surface area contributed by atoms with E-state index in [0.29, 0.717) is 5.92 Å². The Morgan fingerprint density at radius 3 is 2.95 bits per heavy atom. The van der Waals surface area contributed by atoms with E-state index >= 15 is 0 Å². The molecule has 5 nitrogen and oxygen atoms in total. The van der Waals surface area contributed by atoms with Crippen molar-refractivity contribution in [1.29, 1.82) is 0 Å². The monoisotopic (exact) mass is 292 g/mol. The Morgan fingerprint density at radius 1 is 1.43 bits per heavy atom. The summed E-state index contributed by atoms with van der Waals surface area (Å²) in [5.74, 6) is 1.47. The zero-order valence-electron chi connectivity index (χ0n) is 13.7. The summed E-state index contributed by atoms with van der Waals surface area (Å²) in [5, 5.41) is 3.44. The molecule has 1 saturated heterocycles. The Bertz CT molecular complexity index is 450. The van der Waals surface area contributed by atoms with Crippen molar-refractivity contribution in [2.75, 3.05) is 32.8 Å². The molecule has 0 spiro atoms. The molecular formula is C16H28N4O. The van der Waals surface area contributed by atoms with Crippen LogP contribution in [-0.2, 0) is 11.3 Å². The fourth-order valence-electron chi connectivity index (χ4n) is 2.53. The number of rotatable bonds is 6. The van der Waals surface area contributed by atoms with E-state index in [0.717, 1.165) is 56.5 Å². The number of ether oxygens (including phenoxy) is 1. The summed E-state index contributed by atoms with van der Waals surface area (Å²) in [5.41, 5.74) is 2.06. The van der Waals surface area contributed by atoms with E-state index in [-0.39, 0.29) is 6.10 Å². The Kier molecular flexibility index (Phi) is 6.08. The van der Waals surface area contributed by atoms with Crippen molar-refractivity contribution in [3.8, 4) is 0 Å². The van der Waals surface area contributed by atoms with Gasteiger partial charge in [-0.3, -0.25) is 4.90 Å². The van der Waals surface area contributed by atoms with Gasteiger partial charge in [-0.15, -0.1) is 0 Å². The fourth-order valence-corrected chi connectivity index (χ4v) is 2.53. The molecule has 1 aromatic rings. The van der Waals surface area contributed by atoms with E-state index in [9.17, 15) is 0 Å². The van der Waals surface area contributed by atoms with E-state index in [2.05, 4.69) is 42.0 Å². The highest BCUT2D eigenvalue weighted by Crippen LogP contribution is 2.19. The highest BCUT2D eigenvalue weighted by atomic mass is 16.5. The second-order valence-electron chi connectivity index (χ2n) is 6.14. The Hall–Kier alpha value is -1.04. The molecule has 0 aliphatic carbocycles. The molecule has 118 valence electrons. The molecule has 2 heterocycles. The van der Waals surface area contributed by atoms with E-state index in [1.165, 1.54) is 0 Å². The summed E-state index contributed by atoms with van der Waals surface area (Å²) < 4.78 is 5.86. The van der Waals surface area contributed by atoms with Crippen molar-refractivity contribution in [2.45, 2.75) is 40.3 Å². The normalized spacial score (nSPS) is 20.1. The smallest absolute Gasteiger partial charge is 0.158 e. The molecule has 21 heavy (non-hydrogen) atoms. The largest absolute Gasteiger partial charge is 0.368 e. The SMILES string of the molecule is CCN1CCOC(c2nc(C)cc(CNCC(C)C)n2)C1. The predicted molar refractivity (Wildman–Crippen MR) is 84.1 cm³/mol. The average Bonchev–Trinajstić information content (AvgIpc) is 2.46. The number of nitrogens with one attached hydrogen (secondary N) is 1. The summed E-state index contributed by atoms with van der Waals surface area (Å²) in [6.07, 6.45) is 0.00227. The molecule has 0 aromatic carbocycles. The number of hydrogen-bond acceptors (Lipinski definition) is 5. The summed E-state index contributed by atoms with van der Waals surface area (Å²) in [6.45, 7) is 14.1. The van der Waals surface area contributed by atoms with Crippen LogP contribution in [0.3, 0.4) is 0 Å². The van der Waals surface area contributed by atoms with Gasteiger partial charge in [-0.2, -0.15) is 0 Å². The first-order chi connectivity index (χ1) is 10.1. The highest BCUT2D eigenvalue weighted by molar-refractivity contribution is 5.12. The lowest BCUT2D eigenvalue weighted by molar-refractivity contribution is -0.0327. The van der Waals surface area contributed by atoms with Gasteiger partial charge >= 0.3 is 0 Å². The van der Waals surface area contributed by atoms with Gasteiger partial charge < -0.3 is 10.1 Å². The molecular weight excluding hydrogens is 264 g/mol. The van der Waals surface area contributed by atoms with Crippen LogP contribution in [0.4, 0.5) is 0 Å². The van der Waals surface area contributed by atoms with Gasteiger partial charge in [0.25, 0.3) is 0 Å². The predicted octanol–water partition coefficient (Wildman–Crippen LogP) is 1.92. The van der Waals surface area contributed by atoms with Crippen molar-refractivity contribution >= 4 is 0 Å². The summed E-state index contributed by atoms with van der Waals surface area (Å²) in [4.78, 5) is 11.7. The molecule has 0 amide bonds. The van der Waals surface area contributed by atoms with Crippen LogP contribution in [0.5, 0.6) is 0 Å². The van der Waals surface area contributed by atoms with Crippen LogP contribution in [0.2, 0.25) is 0 Å². The lowest BCUT2D eigenvalue weighted by Gasteiger charge is -2.31. The minimum absolute atomic E-state index is 0.00227.